The van der Waals surface area contributed by atoms with Crippen LogP contribution in [0.5, 0.6) is 0 Å². The third-order valence-corrected chi connectivity index (χ3v) is 9.65. The minimum atomic E-state index is -0.791. The summed E-state index contributed by atoms with van der Waals surface area (Å²) in [6, 6.07) is 18.5. The van der Waals surface area contributed by atoms with Gasteiger partial charge in [0.15, 0.2) is 5.82 Å². The number of pyridine rings is 1. The molecule has 0 spiro atoms. The highest BCUT2D eigenvalue weighted by atomic mass is 32.1. The molecule has 3 aromatic carbocycles. The SMILES string of the molecule is O=C(NCCN1CCCC1)c1c(=O)c2cc(F)c(N3CCC(c4ccccc4)C3)c(F)c2n2c1sc1ccccc12. The minimum absolute atomic E-state index is 0.00984. The molecule has 7 rings (SSSR count). The van der Waals surface area contributed by atoms with Gasteiger partial charge in [-0.25, -0.2) is 8.78 Å². The molecular weight excluding hydrogens is 542 g/mol. The Balaban J connectivity index is 1.35. The van der Waals surface area contributed by atoms with E-state index < -0.39 is 23.0 Å². The van der Waals surface area contributed by atoms with Gasteiger partial charge in [0.25, 0.3) is 5.91 Å². The van der Waals surface area contributed by atoms with Crippen molar-refractivity contribution in [2.75, 3.05) is 44.2 Å². The molecule has 1 unspecified atom stereocenters. The normalized spacial score (nSPS) is 17.8. The van der Waals surface area contributed by atoms with Gasteiger partial charge >= 0.3 is 0 Å². The molecule has 2 aliphatic heterocycles. The molecule has 41 heavy (non-hydrogen) atoms. The van der Waals surface area contributed by atoms with Crippen molar-refractivity contribution >= 4 is 48.9 Å². The Kier molecular flexibility index (Phi) is 6.71. The monoisotopic (exact) mass is 572 g/mol. The second kappa shape index (κ2) is 10.5. The van der Waals surface area contributed by atoms with Gasteiger partial charge in [-0.3, -0.25) is 14.0 Å². The van der Waals surface area contributed by atoms with E-state index in [-0.39, 0.29) is 28.1 Å². The molecule has 0 radical (unpaired) electrons. The van der Waals surface area contributed by atoms with E-state index in [0.717, 1.165) is 48.7 Å². The van der Waals surface area contributed by atoms with Crippen molar-refractivity contribution in [1.29, 1.82) is 0 Å². The van der Waals surface area contributed by atoms with Crippen LogP contribution in [0.2, 0.25) is 0 Å². The van der Waals surface area contributed by atoms with Gasteiger partial charge in [-0.2, -0.15) is 0 Å². The number of hydrogen-bond acceptors (Lipinski definition) is 5. The Hall–Kier alpha value is -3.82. The van der Waals surface area contributed by atoms with Crippen molar-refractivity contribution in [3.05, 3.63) is 93.6 Å². The average Bonchev–Trinajstić information content (AvgIpc) is 3.74. The standard InChI is InChI=1S/C32H30F2N4O2S/c33-23-18-22-28(27(34)29(23)37-16-12-21(19-37)20-8-2-1-3-9-20)38-24-10-4-5-11-25(24)41-32(38)26(30(22)39)31(40)35-13-17-36-14-6-7-15-36/h1-5,8-11,18,21H,6-7,12-17,19H2,(H,35,40). The Morgan fingerprint density at radius 3 is 2.56 bits per heavy atom. The topological polar surface area (TPSA) is 57.1 Å². The van der Waals surface area contributed by atoms with E-state index in [0.29, 0.717) is 36.5 Å². The predicted octanol–water partition coefficient (Wildman–Crippen LogP) is 5.77. The number of carbonyl (C=O) groups is 1. The van der Waals surface area contributed by atoms with E-state index in [2.05, 4.69) is 10.2 Å². The van der Waals surface area contributed by atoms with Gasteiger partial charge in [0.05, 0.1) is 21.1 Å². The Morgan fingerprint density at radius 1 is 1.00 bits per heavy atom. The number of hydrogen-bond donors (Lipinski definition) is 1. The lowest BCUT2D eigenvalue weighted by Crippen LogP contribution is -2.36. The van der Waals surface area contributed by atoms with Crippen molar-refractivity contribution in [2.45, 2.75) is 25.2 Å². The van der Waals surface area contributed by atoms with Crippen molar-refractivity contribution in [3.8, 4) is 0 Å². The number of halogens is 2. The number of fused-ring (bicyclic) bond motifs is 5. The number of likely N-dealkylation sites (tertiary alicyclic amines) is 1. The first-order chi connectivity index (χ1) is 20.0. The van der Waals surface area contributed by atoms with E-state index in [1.807, 2.05) is 54.6 Å². The second-order valence-electron chi connectivity index (χ2n) is 11.0. The number of rotatable bonds is 6. The number of anilines is 1. The fourth-order valence-corrected chi connectivity index (χ4v) is 7.65. The zero-order valence-corrected chi connectivity index (χ0v) is 23.4. The number of nitrogens with zero attached hydrogens (tertiary/aromatic N) is 3. The molecule has 2 aliphatic rings. The average molecular weight is 573 g/mol. The summed E-state index contributed by atoms with van der Waals surface area (Å²) in [6.07, 6.45) is 3.06. The minimum Gasteiger partial charge on any atom is -0.366 e. The summed E-state index contributed by atoms with van der Waals surface area (Å²) in [7, 11) is 0. The first-order valence-electron chi connectivity index (χ1n) is 14.2. The summed E-state index contributed by atoms with van der Waals surface area (Å²) in [5, 5.41) is 2.76. The summed E-state index contributed by atoms with van der Waals surface area (Å²) < 4.78 is 34.8. The molecule has 0 aliphatic carbocycles. The molecule has 0 bridgehead atoms. The number of carbonyl (C=O) groups excluding carboxylic acids is 1. The van der Waals surface area contributed by atoms with Gasteiger partial charge in [-0.05, 0) is 56.1 Å². The fourth-order valence-electron chi connectivity index (χ4n) is 6.47. The zero-order chi connectivity index (χ0) is 28.1. The third kappa shape index (κ3) is 4.48. The molecule has 210 valence electrons. The maximum absolute atomic E-state index is 16.6. The van der Waals surface area contributed by atoms with Gasteiger partial charge < -0.3 is 15.1 Å². The van der Waals surface area contributed by atoms with Crippen LogP contribution < -0.4 is 15.6 Å². The van der Waals surface area contributed by atoms with Crippen LogP contribution in [0.4, 0.5) is 14.5 Å². The highest BCUT2D eigenvalue weighted by Crippen LogP contribution is 2.38. The van der Waals surface area contributed by atoms with Gasteiger partial charge in [-0.15, -0.1) is 11.3 Å². The fraction of sp³-hybridized carbons (Fsp3) is 0.312. The summed E-state index contributed by atoms with van der Waals surface area (Å²) in [4.78, 5) is 31.7. The van der Waals surface area contributed by atoms with Crippen molar-refractivity contribution in [3.63, 3.8) is 0 Å². The number of aromatic nitrogens is 1. The van der Waals surface area contributed by atoms with Gasteiger partial charge in [0.1, 0.15) is 21.9 Å². The molecule has 4 heterocycles. The quantitative estimate of drug-likeness (QED) is 0.281. The van der Waals surface area contributed by atoms with Gasteiger partial charge in [0.2, 0.25) is 5.43 Å². The highest BCUT2D eigenvalue weighted by Gasteiger charge is 2.31. The summed E-state index contributed by atoms with van der Waals surface area (Å²) >= 11 is 1.27. The van der Waals surface area contributed by atoms with Crippen LogP contribution in [0.15, 0.2) is 65.5 Å². The molecule has 5 aromatic rings. The largest absolute Gasteiger partial charge is 0.366 e. The lowest BCUT2D eigenvalue weighted by Gasteiger charge is -2.22. The Labute approximate surface area is 239 Å². The van der Waals surface area contributed by atoms with Crippen LogP contribution >= 0.6 is 11.3 Å². The predicted molar refractivity (Wildman–Crippen MR) is 160 cm³/mol. The third-order valence-electron chi connectivity index (χ3n) is 8.51. The van der Waals surface area contributed by atoms with E-state index >= 15 is 8.78 Å². The summed E-state index contributed by atoms with van der Waals surface area (Å²) in [5.41, 5.74) is 0.969. The van der Waals surface area contributed by atoms with Crippen LogP contribution in [-0.2, 0) is 0 Å². The molecule has 0 saturated carbocycles. The first kappa shape index (κ1) is 26.1. The molecule has 6 nitrogen and oxygen atoms in total. The van der Waals surface area contributed by atoms with Gasteiger partial charge in [-0.1, -0.05) is 42.5 Å². The van der Waals surface area contributed by atoms with Crippen molar-refractivity contribution < 1.29 is 13.6 Å². The second-order valence-corrected chi connectivity index (χ2v) is 12.0. The van der Waals surface area contributed by atoms with Crippen LogP contribution in [-0.4, -0.2) is 54.5 Å². The van der Waals surface area contributed by atoms with E-state index in [9.17, 15) is 9.59 Å². The molecule has 2 saturated heterocycles. The number of benzene rings is 3. The number of amides is 1. The van der Waals surface area contributed by atoms with Gasteiger partial charge in [0, 0.05) is 32.1 Å². The van der Waals surface area contributed by atoms with Crippen LogP contribution in [0, 0.1) is 11.6 Å². The molecule has 1 N–H and O–H groups in total. The van der Waals surface area contributed by atoms with Crippen LogP contribution in [0.25, 0.3) is 25.9 Å². The van der Waals surface area contributed by atoms with E-state index in [4.69, 9.17) is 0 Å². The molecule has 2 aromatic heterocycles. The molecule has 1 amide bonds. The maximum Gasteiger partial charge on any atom is 0.258 e. The maximum atomic E-state index is 16.6. The van der Waals surface area contributed by atoms with E-state index in [1.165, 1.54) is 11.3 Å². The van der Waals surface area contributed by atoms with E-state index in [1.54, 1.807) is 9.30 Å². The lowest BCUT2D eigenvalue weighted by atomic mass is 9.99. The number of thiazole rings is 1. The first-order valence-corrected chi connectivity index (χ1v) is 15.0. The van der Waals surface area contributed by atoms with Crippen molar-refractivity contribution in [1.82, 2.24) is 14.6 Å². The zero-order valence-electron chi connectivity index (χ0n) is 22.5. The Morgan fingerprint density at radius 2 is 1.76 bits per heavy atom. The van der Waals surface area contributed by atoms with Crippen LogP contribution in [0.3, 0.4) is 0 Å². The number of nitrogens with one attached hydrogen (secondary N) is 1. The number of para-hydroxylation sites is 1. The van der Waals surface area contributed by atoms with Crippen molar-refractivity contribution in [2.24, 2.45) is 0 Å². The Bertz CT molecular complexity index is 1850. The molecule has 2 fully saturated rings. The summed E-state index contributed by atoms with van der Waals surface area (Å²) in [6.45, 7) is 4.06. The smallest absolute Gasteiger partial charge is 0.258 e. The summed E-state index contributed by atoms with van der Waals surface area (Å²) in [5.74, 6) is -1.93. The molecule has 9 heteroatoms. The molecular formula is C32H30F2N4O2S. The van der Waals surface area contributed by atoms with Crippen LogP contribution in [0.1, 0.15) is 41.1 Å². The molecule has 1 atom stereocenters. The lowest BCUT2D eigenvalue weighted by molar-refractivity contribution is 0.0950. The highest BCUT2D eigenvalue weighted by molar-refractivity contribution is 7.24.